The molecule has 0 spiro atoms. The predicted molar refractivity (Wildman–Crippen MR) is 136 cm³/mol. The fourth-order valence-electron chi connectivity index (χ4n) is 3.34. The smallest absolute Gasteiger partial charge is 0.410 e. The first kappa shape index (κ1) is 26.0. The predicted octanol–water partition coefficient (Wildman–Crippen LogP) is 5.01. The van der Waals surface area contributed by atoms with Gasteiger partial charge in [-0.15, -0.1) is 0 Å². The van der Waals surface area contributed by atoms with Crippen LogP contribution in [0.15, 0.2) is 48.7 Å². The van der Waals surface area contributed by atoms with Gasteiger partial charge in [-0.1, -0.05) is 51.1 Å². The van der Waals surface area contributed by atoms with Gasteiger partial charge in [0, 0.05) is 13.1 Å². The molecule has 0 atom stereocenters. The summed E-state index contributed by atoms with van der Waals surface area (Å²) in [4.78, 5) is 18.1. The Morgan fingerprint density at radius 2 is 1.76 bits per heavy atom. The molecule has 2 heterocycles. The van der Waals surface area contributed by atoms with E-state index in [0.29, 0.717) is 31.7 Å². The molecule has 1 aromatic carbocycles. The number of nitrogens with one attached hydrogen (secondary N) is 1. The summed E-state index contributed by atoms with van der Waals surface area (Å²) in [6.45, 7) is 11.6. The van der Waals surface area contributed by atoms with Crippen molar-refractivity contribution in [3.63, 3.8) is 0 Å². The Hall–Kier alpha value is -2.59. The molecule has 0 saturated carbocycles. The average molecular weight is 506 g/mol. The van der Waals surface area contributed by atoms with E-state index in [0.717, 1.165) is 5.56 Å². The zero-order valence-corrected chi connectivity index (χ0v) is 22.4. The quantitative estimate of drug-likeness (QED) is 0.531. The van der Waals surface area contributed by atoms with Gasteiger partial charge in [0.2, 0.25) is 10.0 Å². The van der Waals surface area contributed by atoms with Crippen LogP contribution in [0.2, 0.25) is 18.1 Å². The topological polar surface area (TPSA) is 97.8 Å². The highest BCUT2D eigenvalue weighted by Crippen LogP contribution is 2.37. The number of piperidine rings is 1. The van der Waals surface area contributed by atoms with E-state index in [9.17, 15) is 13.2 Å². The van der Waals surface area contributed by atoms with Gasteiger partial charge >= 0.3 is 6.09 Å². The molecular formula is C24H35N3O5SSi. The Morgan fingerprint density at radius 3 is 2.32 bits per heavy atom. The van der Waals surface area contributed by atoms with Crippen LogP contribution in [0, 0.1) is 0 Å². The van der Waals surface area contributed by atoms with Crippen molar-refractivity contribution in [3.8, 4) is 5.75 Å². The molecule has 8 nitrogen and oxygen atoms in total. The molecule has 1 amide bonds. The number of nitrogens with zero attached hydrogens (tertiary/aromatic N) is 2. The number of ether oxygens (including phenoxy) is 1. The van der Waals surface area contributed by atoms with Crippen LogP contribution in [0.1, 0.15) is 39.2 Å². The average Bonchev–Trinajstić information content (AvgIpc) is 2.78. The summed E-state index contributed by atoms with van der Waals surface area (Å²) in [5, 5.41) is -0.550. The fourth-order valence-corrected chi connectivity index (χ4v) is 5.76. The molecule has 0 unspecified atom stereocenters. The fraction of sp³-hybridized carbons (Fsp3) is 0.500. The van der Waals surface area contributed by atoms with E-state index in [-0.39, 0.29) is 17.5 Å². The van der Waals surface area contributed by atoms with E-state index < -0.39 is 29.7 Å². The second-order valence-electron chi connectivity index (χ2n) is 10.1. The number of aromatic nitrogens is 1. The summed E-state index contributed by atoms with van der Waals surface area (Å²) in [5.74, 6) is 0.893. The van der Waals surface area contributed by atoms with Gasteiger partial charge in [0.05, 0.1) is 11.4 Å². The molecule has 1 saturated heterocycles. The molecule has 3 rings (SSSR count). The number of anilines is 1. The number of sulfonamides is 1. The van der Waals surface area contributed by atoms with Crippen LogP contribution >= 0.6 is 0 Å². The minimum absolute atomic E-state index is 0.0517. The lowest BCUT2D eigenvalue weighted by molar-refractivity contribution is 0.0897. The lowest BCUT2D eigenvalue weighted by Crippen LogP contribution is -2.44. The number of rotatable bonds is 7. The molecule has 1 fully saturated rings. The maximum Gasteiger partial charge on any atom is 0.410 e. The van der Waals surface area contributed by atoms with Gasteiger partial charge in [-0.3, -0.25) is 4.72 Å². The van der Waals surface area contributed by atoms with Crippen molar-refractivity contribution in [2.45, 2.75) is 63.6 Å². The van der Waals surface area contributed by atoms with Crippen LogP contribution in [0.4, 0.5) is 10.6 Å². The lowest BCUT2D eigenvalue weighted by Gasteiger charge is -2.36. The Kier molecular flexibility index (Phi) is 7.92. The zero-order chi connectivity index (χ0) is 25.0. The van der Waals surface area contributed by atoms with E-state index in [4.69, 9.17) is 9.16 Å². The highest BCUT2D eigenvalue weighted by Gasteiger charge is 2.39. The number of carbonyl (C=O) groups is 1. The van der Waals surface area contributed by atoms with Crippen molar-refractivity contribution in [2.75, 3.05) is 17.8 Å². The molecule has 186 valence electrons. The van der Waals surface area contributed by atoms with Crippen molar-refractivity contribution in [1.82, 2.24) is 9.88 Å². The van der Waals surface area contributed by atoms with Crippen LogP contribution in [-0.4, -0.2) is 51.1 Å². The van der Waals surface area contributed by atoms with Gasteiger partial charge in [-0.05, 0) is 48.7 Å². The summed E-state index contributed by atoms with van der Waals surface area (Å²) in [5.41, 5.74) is 0.908. The van der Waals surface area contributed by atoms with E-state index in [1.54, 1.807) is 23.2 Å². The second-order valence-corrected chi connectivity index (χ2v) is 16.8. The molecule has 1 N–H and O–H groups in total. The van der Waals surface area contributed by atoms with Crippen LogP contribution < -0.4 is 9.15 Å². The number of benzene rings is 1. The molecule has 1 aromatic heterocycles. The third-order valence-corrected chi connectivity index (χ3v) is 12.7. The number of pyridine rings is 1. The van der Waals surface area contributed by atoms with Crippen LogP contribution in [-0.2, 0) is 21.4 Å². The van der Waals surface area contributed by atoms with Crippen LogP contribution in [0.3, 0.4) is 0 Å². The molecule has 34 heavy (non-hydrogen) atoms. The number of hydrogen-bond donors (Lipinski definition) is 1. The molecular weight excluding hydrogens is 470 g/mol. The maximum absolute atomic E-state index is 12.9. The molecule has 2 aromatic rings. The van der Waals surface area contributed by atoms with Crippen molar-refractivity contribution in [2.24, 2.45) is 0 Å². The summed E-state index contributed by atoms with van der Waals surface area (Å²) >= 11 is 0. The number of carbonyl (C=O) groups excluding carboxylic acids is 1. The first-order chi connectivity index (χ1) is 15.9. The van der Waals surface area contributed by atoms with Crippen molar-refractivity contribution >= 4 is 30.3 Å². The summed E-state index contributed by atoms with van der Waals surface area (Å²) in [6, 6.07) is 12.8. The third kappa shape index (κ3) is 6.72. The number of hydrogen-bond acceptors (Lipinski definition) is 6. The lowest BCUT2D eigenvalue weighted by atomic mass is 10.1. The molecule has 0 aliphatic carbocycles. The third-order valence-electron chi connectivity index (χ3n) is 6.51. The SMILES string of the molecule is CC(C)(C)[Si](C)(C)Oc1ccc(NS(=O)(=O)C2CCN(C(=O)OCc3ccccc3)CC2)nc1. The number of likely N-dealkylation sites (tertiary alicyclic amines) is 1. The van der Waals surface area contributed by atoms with E-state index in [1.165, 1.54) is 0 Å². The van der Waals surface area contributed by atoms with Gasteiger partial charge in [0.25, 0.3) is 8.32 Å². The number of amides is 1. The van der Waals surface area contributed by atoms with E-state index >= 15 is 0 Å². The summed E-state index contributed by atoms with van der Waals surface area (Å²) in [7, 11) is -5.63. The maximum atomic E-state index is 12.9. The van der Waals surface area contributed by atoms with Gasteiger partial charge in [0.15, 0.2) is 0 Å². The summed E-state index contributed by atoms with van der Waals surface area (Å²) < 4.78 is 39.9. The van der Waals surface area contributed by atoms with Crippen LogP contribution in [0.25, 0.3) is 0 Å². The Bertz CT molecular complexity index is 1060. The normalized spacial score (nSPS) is 15.6. The highest BCUT2D eigenvalue weighted by atomic mass is 32.2. The van der Waals surface area contributed by atoms with Crippen molar-refractivity contribution < 1.29 is 22.4 Å². The second kappa shape index (κ2) is 10.3. The van der Waals surface area contributed by atoms with Gasteiger partial charge in [-0.25, -0.2) is 18.2 Å². The van der Waals surface area contributed by atoms with Crippen LogP contribution in [0.5, 0.6) is 5.75 Å². The monoisotopic (exact) mass is 505 g/mol. The van der Waals surface area contributed by atoms with Crippen molar-refractivity contribution in [3.05, 3.63) is 54.2 Å². The Balaban J connectivity index is 1.51. The minimum atomic E-state index is -3.64. The Labute approximate surface area is 203 Å². The largest absolute Gasteiger partial charge is 0.542 e. The molecule has 1 aliphatic rings. The molecule has 0 bridgehead atoms. The van der Waals surface area contributed by atoms with E-state index in [2.05, 4.69) is 43.6 Å². The first-order valence-electron chi connectivity index (χ1n) is 11.5. The standard InChI is InChI=1S/C24H35N3O5SSi/c1-24(2,3)34(4,5)32-20-11-12-22(25-17-20)26-33(29,30)21-13-15-27(16-14-21)23(28)31-18-19-9-7-6-8-10-19/h6-12,17,21H,13-16,18H2,1-5H3,(H,25,26). The zero-order valence-electron chi connectivity index (χ0n) is 20.6. The molecule has 10 heteroatoms. The molecule has 0 radical (unpaired) electrons. The van der Waals surface area contributed by atoms with E-state index in [1.807, 2.05) is 30.3 Å². The van der Waals surface area contributed by atoms with Gasteiger partial charge < -0.3 is 14.1 Å². The summed E-state index contributed by atoms with van der Waals surface area (Å²) in [6.07, 6.45) is 1.81. The van der Waals surface area contributed by atoms with Crippen molar-refractivity contribution in [1.29, 1.82) is 0 Å². The first-order valence-corrected chi connectivity index (χ1v) is 16.0. The Morgan fingerprint density at radius 1 is 1.12 bits per heavy atom. The van der Waals surface area contributed by atoms with Gasteiger partial charge in [0.1, 0.15) is 18.2 Å². The highest BCUT2D eigenvalue weighted by molar-refractivity contribution is 7.93. The van der Waals surface area contributed by atoms with Gasteiger partial charge in [-0.2, -0.15) is 0 Å². The minimum Gasteiger partial charge on any atom is -0.542 e. The molecule has 1 aliphatic heterocycles.